The second-order valence-corrected chi connectivity index (χ2v) is 6.65. The van der Waals surface area contributed by atoms with Gasteiger partial charge in [0.05, 0.1) is 0 Å². The number of nitrogens with zero attached hydrogens (tertiary/aromatic N) is 1. The van der Waals surface area contributed by atoms with Crippen LogP contribution in [-0.4, -0.2) is 37.0 Å². The quantitative estimate of drug-likeness (QED) is 0.459. The maximum absolute atomic E-state index is 10.6. The predicted octanol–water partition coefficient (Wildman–Crippen LogP) is 1.61. The molecule has 2 atom stereocenters. The average molecular weight is 354 g/mol. The molecule has 0 saturated carbocycles. The number of halogens is 1. The molecule has 106 valence electrons. The number of non-ortho nitro benzene ring substituents is 1. The molecule has 0 bridgehead atoms. The summed E-state index contributed by atoms with van der Waals surface area (Å²) in [6.45, 7) is 1.97. The fourth-order valence-corrected chi connectivity index (χ4v) is 3.36. The first-order valence-corrected chi connectivity index (χ1v) is 7.46. The van der Waals surface area contributed by atoms with Gasteiger partial charge in [-0.15, -0.1) is 12.4 Å². The predicted molar refractivity (Wildman–Crippen MR) is 74.9 cm³/mol. The third-order valence-corrected chi connectivity index (χ3v) is 5.19. The van der Waals surface area contributed by atoms with Gasteiger partial charge in [0.15, 0.2) is 0 Å². The van der Waals surface area contributed by atoms with Crippen molar-refractivity contribution >= 4 is 39.0 Å². The Labute approximate surface area is 123 Å². The van der Waals surface area contributed by atoms with E-state index in [2.05, 4.69) is 0 Å². The third-order valence-electron chi connectivity index (χ3n) is 2.42. The van der Waals surface area contributed by atoms with Crippen molar-refractivity contribution in [3.05, 3.63) is 39.9 Å². The number of hydrogen-bond acceptors (Lipinski definition) is 4. The van der Waals surface area contributed by atoms with Crippen molar-refractivity contribution in [1.82, 2.24) is 0 Å². The van der Waals surface area contributed by atoms with Gasteiger partial charge in [-0.2, -0.15) is 0 Å². The molecule has 19 heavy (non-hydrogen) atoms. The summed E-state index contributed by atoms with van der Waals surface area (Å²) in [5, 5.41) is 19.6. The van der Waals surface area contributed by atoms with Gasteiger partial charge in [-0.25, -0.2) is 0 Å². The smallest absolute Gasteiger partial charge is 0.147 e. The Morgan fingerprint density at radius 1 is 1.47 bits per heavy atom. The third kappa shape index (κ3) is 5.57. The average Bonchev–Trinajstić information content (AvgIpc) is 2.35. The van der Waals surface area contributed by atoms with E-state index in [0.717, 1.165) is 5.56 Å². The molecule has 1 unspecified atom stereocenters. The van der Waals surface area contributed by atoms with E-state index >= 15 is 0 Å². The van der Waals surface area contributed by atoms with Crippen molar-refractivity contribution in [2.45, 2.75) is 23.1 Å². The maximum Gasteiger partial charge on any atom is -0.147 e. The van der Waals surface area contributed by atoms with Crippen LogP contribution in [0.3, 0.4) is 0 Å². The molecular weight excluding hydrogens is 339 g/mol. The molecule has 0 saturated heterocycles. The Kier molecular flexibility index (Phi) is 7.63. The van der Waals surface area contributed by atoms with Gasteiger partial charge in [0.1, 0.15) is 0 Å². The first-order chi connectivity index (χ1) is 8.41. The van der Waals surface area contributed by atoms with Crippen LogP contribution in [0, 0.1) is 10.1 Å². The summed E-state index contributed by atoms with van der Waals surface area (Å²) >= 11 is 0.0495. The number of benzene rings is 1. The Hall–Kier alpha value is -1.14. The van der Waals surface area contributed by atoms with Gasteiger partial charge in [0.2, 0.25) is 0 Å². The van der Waals surface area contributed by atoms with E-state index in [1.54, 1.807) is 12.1 Å². The molecule has 6 nitrogen and oxygen atoms in total. The summed E-state index contributed by atoms with van der Waals surface area (Å²) in [7, 11) is 0. The minimum Gasteiger partial charge on any atom is -0.147 e. The van der Waals surface area contributed by atoms with Crippen molar-refractivity contribution < 1.29 is 14.8 Å². The van der Waals surface area contributed by atoms with Gasteiger partial charge < -0.3 is 0 Å². The van der Waals surface area contributed by atoms with Crippen LogP contribution in [0.4, 0.5) is 5.69 Å². The molecule has 0 aliphatic carbocycles. The van der Waals surface area contributed by atoms with E-state index < -0.39 is 16.9 Å². The Morgan fingerprint density at radius 2 is 2.00 bits per heavy atom. The van der Waals surface area contributed by atoms with Gasteiger partial charge in [-0.05, 0) is 0 Å². The molecule has 0 aliphatic rings. The normalized spacial score (nSPS) is 13.2. The van der Waals surface area contributed by atoms with Crippen molar-refractivity contribution in [2.24, 2.45) is 5.73 Å². The van der Waals surface area contributed by atoms with E-state index in [4.69, 9.17) is 10.8 Å². The molecule has 0 aromatic heterocycles. The van der Waals surface area contributed by atoms with Crippen LogP contribution in [0.5, 0.6) is 0 Å². The monoisotopic (exact) mass is 354 g/mol. The van der Waals surface area contributed by atoms with Gasteiger partial charge in [-0.1, -0.05) is 0 Å². The molecule has 8 heteroatoms. The summed E-state index contributed by atoms with van der Waals surface area (Å²) in [4.78, 5) is 20.8. The first kappa shape index (κ1) is 17.9. The molecule has 0 radical (unpaired) electrons. The number of carboxylic acid groups (broad SMARTS) is 1. The minimum absolute atomic E-state index is 0. The number of nitro groups is 1. The Bertz CT molecular complexity index is 441. The van der Waals surface area contributed by atoms with Crippen LogP contribution in [-0.2, 0) is 4.79 Å². The molecular formula is C11H15ClN2O4Se. The standard InChI is InChI=1S/C11H14N2O4Se.ClH/c1-7(18-6-10(12)11(14)15)8-2-4-9(5-3-8)13(16)17;/h2-5,7,10H,6,12H2,1H3,(H,14,15);1H/t7?,10-;/m0./s1. The number of carboxylic acids is 1. The number of carbonyl (C=O) groups is 1. The van der Waals surface area contributed by atoms with Crippen LogP contribution in [0.15, 0.2) is 24.3 Å². The SMILES string of the molecule is CC([Se]C[C@H](N)C(=O)O)c1ccc([N+](=O)[O-])cc1.Cl. The molecule has 0 spiro atoms. The topological polar surface area (TPSA) is 106 Å². The van der Waals surface area contributed by atoms with Crippen molar-refractivity contribution in [3.63, 3.8) is 0 Å². The Morgan fingerprint density at radius 3 is 2.42 bits per heavy atom. The van der Waals surface area contributed by atoms with Crippen molar-refractivity contribution in [2.75, 3.05) is 0 Å². The summed E-state index contributed by atoms with van der Waals surface area (Å²) in [5.41, 5.74) is 6.46. The number of rotatable bonds is 6. The summed E-state index contributed by atoms with van der Waals surface area (Å²) in [5.74, 6) is -0.993. The second-order valence-electron chi connectivity index (χ2n) is 3.77. The van der Waals surface area contributed by atoms with E-state index in [-0.39, 0.29) is 37.9 Å². The molecule has 0 aliphatic heterocycles. The van der Waals surface area contributed by atoms with Crippen LogP contribution in [0.1, 0.15) is 17.3 Å². The van der Waals surface area contributed by atoms with Crippen LogP contribution in [0.2, 0.25) is 5.32 Å². The molecule has 0 fully saturated rings. The van der Waals surface area contributed by atoms with Gasteiger partial charge in [0, 0.05) is 0 Å². The van der Waals surface area contributed by atoms with Gasteiger partial charge in [0.25, 0.3) is 0 Å². The summed E-state index contributed by atoms with van der Waals surface area (Å²) in [6.07, 6.45) is 0. The molecule has 1 aromatic carbocycles. The first-order valence-electron chi connectivity index (χ1n) is 5.26. The van der Waals surface area contributed by atoms with E-state index in [0.29, 0.717) is 5.32 Å². The minimum atomic E-state index is -0.993. The number of nitrogens with two attached hydrogens (primary N) is 1. The van der Waals surface area contributed by atoms with E-state index in [9.17, 15) is 14.9 Å². The Balaban J connectivity index is 0.00000324. The maximum atomic E-state index is 10.6. The van der Waals surface area contributed by atoms with Crippen molar-refractivity contribution in [1.29, 1.82) is 0 Å². The molecule has 1 aromatic rings. The van der Waals surface area contributed by atoms with E-state index in [1.807, 2.05) is 6.92 Å². The zero-order valence-corrected chi connectivity index (χ0v) is 12.7. The molecule has 0 amide bonds. The second kappa shape index (κ2) is 8.12. The number of nitro benzene ring substituents is 1. The zero-order chi connectivity index (χ0) is 13.7. The largest absolute Gasteiger partial charge is 0.147 e. The zero-order valence-electron chi connectivity index (χ0n) is 10.2. The van der Waals surface area contributed by atoms with E-state index in [1.165, 1.54) is 12.1 Å². The molecule has 1 rings (SSSR count). The van der Waals surface area contributed by atoms with Gasteiger partial charge in [-0.3, -0.25) is 0 Å². The van der Waals surface area contributed by atoms with Crippen molar-refractivity contribution in [3.8, 4) is 0 Å². The summed E-state index contributed by atoms with van der Waals surface area (Å²) < 4.78 is 0. The van der Waals surface area contributed by atoms with Crippen LogP contribution >= 0.6 is 12.4 Å². The fourth-order valence-electron chi connectivity index (χ4n) is 1.28. The molecule has 3 N–H and O–H groups in total. The van der Waals surface area contributed by atoms with Crippen LogP contribution < -0.4 is 5.73 Å². The number of hydrogen-bond donors (Lipinski definition) is 2. The van der Waals surface area contributed by atoms with Crippen LogP contribution in [0.25, 0.3) is 0 Å². The summed E-state index contributed by atoms with van der Waals surface area (Å²) in [6, 6.07) is 5.50. The fraction of sp³-hybridized carbons (Fsp3) is 0.364. The van der Waals surface area contributed by atoms with Gasteiger partial charge >= 0.3 is 110 Å². The molecule has 0 heterocycles. The number of aliphatic carboxylic acids is 1.